The van der Waals surface area contributed by atoms with Gasteiger partial charge in [-0.2, -0.15) is 27.5 Å². The van der Waals surface area contributed by atoms with E-state index in [1.807, 2.05) is 73.0 Å². The fourth-order valence-electron chi connectivity index (χ4n) is 12.4. The van der Waals surface area contributed by atoms with Crippen LogP contribution in [0.1, 0.15) is 115 Å². The first-order valence-electron chi connectivity index (χ1n) is 31.8. The van der Waals surface area contributed by atoms with Crippen LogP contribution >= 0.6 is 35.3 Å². The largest absolute Gasteiger partial charge is 0.378 e. The number of nitrogens with zero attached hydrogens (tertiary/aromatic N) is 10. The number of hydrogen-bond donors (Lipinski definition) is 0. The molecule has 12 rings (SSSR count). The summed E-state index contributed by atoms with van der Waals surface area (Å²) in [5, 5.41) is 31.7. The molecule has 16 nitrogen and oxygen atoms in total. The van der Waals surface area contributed by atoms with Crippen LogP contribution < -0.4 is 14.7 Å². The third kappa shape index (κ3) is 17.3. The number of hydrogen-bond acceptors (Lipinski definition) is 19. The van der Waals surface area contributed by atoms with E-state index in [9.17, 15) is 24.2 Å². The van der Waals surface area contributed by atoms with E-state index in [4.69, 9.17) is 28.9 Å². The smallest absolute Gasteiger partial charge is 0.197 e. The summed E-state index contributed by atoms with van der Waals surface area (Å²) in [5.74, 6) is 6.65. The first kappa shape index (κ1) is 67.7. The SMILES string of the molecule is CC1(C)Cc2c(C#N)c(S(=O)(=O)CCc3ccccc3)nc(N3CCOCC3)c2CO1.CC1(C)Cc2c(C#N)c(SCCc3ccccc3)nc(N3CCSCC3)c2CO1.CN1CCCN(c2nc(SCCc3ccccc3)c(C#N)c3c2COC(C)(C)C3)CC1. The summed E-state index contributed by atoms with van der Waals surface area (Å²) >= 11 is 5.42. The second-order valence-corrected chi connectivity index (χ2v) is 31.2. The maximum Gasteiger partial charge on any atom is 0.197 e. The Hall–Kier alpha value is -6.22. The molecule has 3 aromatic carbocycles. The number of ether oxygens (including phenoxy) is 4. The van der Waals surface area contributed by atoms with Crippen molar-refractivity contribution < 1.29 is 27.4 Å². The lowest BCUT2D eigenvalue weighted by Gasteiger charge is -2.36. The predicted octanol–water partition coefficient (Wildman–Crippen LogP) is 11.6. The minimum absolute atomic E-state index is 0.0973. The number of morpholine rings is 1. The van der Waals surface area contributed by atoms with Crippen LogP contribution in [0.4, 0.5) is 17.5 Å². The molecule has 6 aromatic rings. The van der Waals surface area contributed by atoms with Crippen LogP contribution in [0.5, 0.6) is 0 Å². The number of aryl methyl sites for hydroxylation is 3. The van der Waals surface area contributed by atoms with Gasteiger partial charge in [0.05, 0.1) is 72.3 Å². The average molecular weight is 1300 g/mol. The molecule has 6 aliphatic rings. The Labute approximate surface area is 552 Å². The fourth-order valence-corrected chi connectivity index (χ4v) is 16.7. The van der Waals surface area contributed by atoms with Crippen LogP contribution in [0, 0.1) is 34.0 Å². The average Bonchev–Trinajstić information content (AvgIpc) is 1.26. The quantitative estimate of drug-likeness (QED) is 0.0880. The molecule has 9 heterocycles. The maximum atomic E-state index is 13.4. The van der Waals surface area contributed by atoms with Gasteiger partial charge in [-0.3, -0.25) is 0 Å². The Morgan fingerprint density at radius 3 is 1.36 bits per heavy atom. The van der Waals surface area contributed by atoms with Gasteiger partial charge in [0.2, 0.25) is 0 Å². The maximum absolute atomic E-state index is 13.4. The molecule has 0 radical (unpaired) electrons. The Morgan fingerprint density at radius 2 is 0.912 bits per heavy atom. The number of benzene rings is 3. The topological polar surface area (TPSA) is 194 Å². The number of nitriles is 3. The summed E-state index contributed by atoms with van der Waals surface area (Å²) in [6, 6.07) is 37.6. The number of rotatable bonds is 15. The molecule has 480 valence electrons. The normalized spacial score (nSPS) is 18.4. The van der Waals surface area contributed by atoms with Gasteiger partial charge in [0.15, 0.2) is 14.9 Å². The standard InChI is InChI=1S/C25H32N4OS.C23H27N3O4S.C23H27N3OS2/c1-25(2)16-20-21(17-26)24(31-15-10-19-8-5-4-6-9-19)27-23(22(20)18-30-25)29-12-7-11-28(3)13-14-29;1-23(2)14-18-19(15-24)22(31(27,28)13-8-17-6-4-3-5-7-17)25-21(20(18)16-30-23)26-9-11-29-12-10-26;1-23(2)14-18-19(15-24)22(29-11-8-17-6-4-3-5-7-17)25-21(20(18)16-27-23)26-9-12-28-13-10-26/h4-6,8-9H,7,10-16,18H2,1-3H3;3-7H,8-14,16H2,1-2H3;3-7H,8-14,16H2,1-2H3. The molecule has 0 atom stereocenters. The summed E-state index contributed by atoms with van der Waals surface area (Å²) in [5.41, 5.74) is 10.3. The molecule has 0 saturated carbocycles. The lowest BCUT2D eigenvalue weighted by Crippen LogP contribution is -2.40. The minimum Gasteiger partial charge on any atom is -0.378 e. The molecule has 0 aliphatic carbocycles. The lowest BCUT2D eigenvalue weighted by molar-refractivity contribution is -0.0405. The third-order valence-corrected chi connectivity index (χ3v) is 21.9. The summed E-state index contributed by atoms with van der Waals surface area (Å²) in [6.07, 6.45) is 5.40. The van der Waals surface area contributed by atoms with E-state index in [1.54, 1.807) is 23.5 Å². The van der Waals surface area contributed by atoms with Gasteiger partial charge >= 0.3 is 0 Å². The zero-order valence-corrected chi connectivity index (χ0v) is 57.2. The number of pyridine rings is 3. The van der Waals surface area contributed by atoms with E-state index in [0.29, 0.717) is 64.8 Å². The molecule has 3 saturated heterocycles. The molecule has 0 N–H and O–H groups in total. The van der Waals surface area contributed by atoms with E-state index in [-0.39, 0.29) is 27.5 Å². The lowest BCUT2D eigenvalue weighted by atomic mass is 9.89. The second-order valence-electron chi connectivity index (χ2n) is 25.8. The van der Waals surface area contributed by atoms with Crippen molar-refractivity contribution in [1.29, 1.82) is 15.8 Å². The molecular formula is C71H86N10O6S4. The van der Waals surface area contributed by atoms with E-state index in [0.717, 1.165) is 166 Å². The van der Waals surface area contributed by atoms with E-state index in [1.165, 1.54) is 11.1 Å². The zero-order chi connectivity index (χ0) is 64.2. The number of sulfone groups is 1. The number of thioether (sulfide) groups is 3. The monoisotopic (exact) mass is 1300 g/mol. The van der Waals surface area contributed by atoms with Crippen molar-refractivity contribution in [2.75, 3.05) is 116 Å². The summed E-state index contributed by atoms with van der Waals surface area (Å²) in [7, 11) is -1.58. The molecule has 6 aliphatic heterocycles. The van der Waals surface area contributed by atoms with Gasteiger partial charge in [-0.05, 0) is 114 Å². The first-order chi connectivity index (χ1) is 43.8. The molecule has 3 aromatic heterocycles. The van der Waals surface area contributed by atoms with Crippen LogP contribution in [-0.4, -0.2) is 146 Å². The second kappa shape index (κ2) is 30.7. The van der Waals surface area contributed by atoms with Crippen LogP contribution in [-0.2, 0) is 87.1 Å². The zero-order valence-electron chi connectivity index (χ0n) is 53.9. The van der Waals surface area contributed by atoms with Crippen molar-refractivity contribution in [2.45, 2.75) is 138 Å². The highest BCUT2D eigenvalue weighted by atomic mass is 32.2. The van der Waals surface area contributed by atoms with Crippen molar-refractivity contribution in [1.82, 2.24) is 19.9 Å². The van der Waals surface area contributed by atoms with E-state index >= 15 is 0 Å². The Bertz CT molecular complexity index is 3730. The van der Waals surface area contributed by atoms with Gasteiger partial charge in [0, 0.05) is 105 Å². The first-order valence-corrected chi connectivity index (χ1v) is 36.6. The summed E-state index contributed by atoms with van der Waals surface area (Å²) in [6.45, 7) is 22.2. The molecular weight excluding hydrogens is 1220 g/mol. The highest BCUT2D eigenvalue weighted by molar-refractivity contribution is 7.99. The minimum atomic E-state index is -3.77. The van der Waals surface area contributed by atoms with Gasteiger partial charge in [-0.15, -0.1) is 23.5 Å². The number of likely N-dealkylation sites (N-methyl/N-ethyl adjacent to an activating group) is 1. The van der Waals surface area contributed by atoms with Gasteiger partial charge in [-0.1, -0.05) is 91.0 Å². The molecule has 3 fully saturated rings. The molecule has 91 heavy (non-hydrogen) atoms. The van der Waals surface area contributed by atoms with Crippen molar-refractivity contribution in [3.8, 4) is 18.2 Å². The van der Waals surface area contributed by atoms with Gasteiger partial charge < -0.3 is 38.5 Å². The van der Waals surface area contributed by atoms with Crippen LogP contribution in [0.15, 0.2) is 106 Å². The van der Waals surface area contributed by atoms with Gasteiger partial charge in [-0.25, -0.2) is 23.4 Å². The molecule has 0 bridgehead atoms. The fraction of sp³-hybridized carbons (Fsp3) is 0.493. The third-order valence-electron chi connectivity index (χ3n) is 17.4. The summed E-state index contributed by atoms with van der Waals surface area (Å²) < 4.78 is 50.5. The van der Waals surface area contributed by atoms with Crippen LogP contribution in [0.25, 0.3) is 0 Å². The van der Waals surface area contributed by atoms with Gasteiger partial charge in [0.1, 0.15) is 45.7 Å². The van der Waals surface area contributed by atoms with Crippen molar-refractivity contribution in [3.05, 3.63) is 158 Å². The number of aromatic nitrogens is 3. The number of anilines is 3. The Morgan fingerprint density at radius 1 is 0.505 bits per heavy atom. The molecule has 0 spiro atoms. The predicted molar refractivity (Wildman–Crippen MR) is 365 cm³/mol. The molecule has 20 heteroatoms. The number of fused-ring (bicyclic) bond motifs is 3. The molecule has 0 amide bonds. The highest BCUT2D eigenvalue weighted by Gasteiger charge is 2.38. The van der Waals surface area contributed by atoms with Crippen molar-refractivity contribution >= 4 is 62.6 Å². The van der Waals surface area contributed by atoms with Gasteiger partial charge in [0.25, 0.3) is 0 Å². The molecule has 0 unspecified atom stereocenters. The summed E-state index contributed by atoms with van der Waals surface area (Å²) in [4.78, 5) is 23.9. The van der Waals surface area contributed by atoms with Crippen LogP contribution in [0.3, 0.4) is 0 Å². The highest BCUT2D eigenvalue weighted by Crippen LogP contribution is 2.42. The van der Waals surface area contributed by atoms with Crippen molar-refractivity contribution in [2.24, 2.45) is 0 Å². The van der Waals surface area contributed by atoms with E-state index < -0.39 is 15.4 Å². The Balaban J connectivity index is 0.000000150. The van der Waals surface area contributed by atoms with E-state index in [2.05, 4.69) is 121 Å². The van der Waals surface area contributed by atoms with Crippen molar-refractivity contribution in [3.63, 3.8) is 0 Å². The van der Waals surface area contributed by atoms with Crippen LogP contribution in [0.2, 0.25) is 0 Å². The Kier molecular flexibility index (Phi) is 22.8.